The Morgan fingerprint density at radius 2 is 1.55 bits per heavy atom. The number of amides is 5. The van der Waals surface area contributed by atoms with Crippen LogP contribution in [0, 0.1) is 28.1 Å². The molecule has 1 aliphatic carbocycles. The number of hydrogen-bond acceptors (Lipinski definition) is 7. The zero-order chi connectivity index (χ0) is 36.1. The van der Waals surface area contributed by atoms with Gasteiger partial charge >= 0.3 is 12.2 Å². The summed E-state index contributed by atoms with van der Waals surface area (Å²) >= 11 is 0. The molecule has 3 aliphatic rings. The van der Waals surface area contributed by atoms with Crippen LogP contribution in [-0.4, -0.2) is 103 Å². The normalized spacial score (nSPS) is 25.7. The molecule has 13 nitrogen and oxygen atoms in total. The van der Waals surface area contributed by atoms with Crippen molar-refractivity contribution in [2.75, 3.05) is 25.4 Å². The molecule has 2 aliphatic heterocycles. The molecule has 2 saturated heterocycles. The summed E-state index contributed by atoms with van der Waals surface area (Å²) in [4.78, 5) is 66.5. The van der Waals surface area contributed by atoms with Crippen LogP contribution < -0.4 is 21.7 Å². The summed E-state index contributed by atoms with van der Waals surface area (Å²) in [5.41, 5.74) is 3.20. The van der Waals surface area contributed by atoms with E-state index in [-0.39, 0.29) is 30.7 Å². The largest absolute Gasteiger partial charge is 0.389 e. The predicted molar refractivity (Wildman–Crippen MR) is 166 cm³/mol. The fourth-order valence-electron chi connectivity index (χ4n) is 6.60. The van der Waals surface area contributed by atoms with E-state index in [9.17, 15) is 45.6 Å². The van der Waals surface area contributed by atoms with Crippen LogP contribution in [0.15, 0.2) is 0 Å². The van der Waals surface area contributed by atoms with Crippen LogP contribution in [0.25, 0.3) is 0 Å². The van der Waals surface area contributed by atoms with Crippen molar-refractivity contribution >= 4 is 39.6 Å². The van der Waals surface area contributed by atoms with Gasteiger partial charge in [0, 0.05) is 32.1 Å². The second-order valence-electron chi connectivity index (χ2n) is 15.7. The van der Waals surface area contributed by atoms with Crippen LogP contribution in [0.5, 0.6) is 0 Å². The van der Waals surface area contributed by atoms with Gasteiger partial charge in [-0.1, -0.05) is 55.4 Å². The molecule has 0 spiro atoms. The van der Waals surface area contributed by atoms with Crippen molar-refractivity contribution in [3.63, 3.8) is 0 Å². The van der Waals surface area contributed by atoms with Gasteiger partial charge in [0.25, 0.3) is 5.91 Å². The number of nitrogens with zero attached hydrogens (tertiary/aromatic N) is 2. The molecule has 0 aromatic heterocycles. The van der Waals surface area contributed by atoms with Crippen LogP contribution in [-0.2, 0) is 29.2 Å². The highest BCUT2D eigenvalue weighted by Gasteiger charge is 2.70. The maximum atomic E-state index is 14.2. The van der Waals surface area contributed by atoms with Crippen molar-refractivity contribution in [3.05, 3.63) is 0 Å². The molecule has 5 amide bonds. The third kappa shape index (κ3) is 8.95. The average Bonchev–Trinajstić information content (AvgIpc) is 3.21. The Morgan fingerprint density at radius 1 is 0.957 bits per heavy atom. The van der Waals surface area contributed by atoms with Gasteiger partial charge in [-0.15, -0.1) is 0 Å². The number of nitrogens with two attached hydrogens (primary N) is 1. The van der Waals surface area contributed by atoms with Crippen molar-refractivity contribution in [1.29, 1.82) is 0 Å². The van der Waals surface area contributed by atoms with E-state index in [0.717, 1.165) is 0 Å². The van der Waals surface area contributed by atoms with E-state index in [2.05, 4.69) is 16.0 Å². The van der Waals surface area contributed by atoms with Gasteiger partial charge in [0.2, 0.25) is 27.6 Å². The minimum atomic E-state index is -4.67. The lowest BCUT2D eigenvalue weighted by atomic mass is 9.85. The van der Waals surface area contributed by atoms with E-state index < -0.39 is 99.0 Å². The molecule has 6 atom stereocenters. The van der Waals surface area contributed by atoms with Crippen LogP contribution in [0.2, 0.25) is 0 Å². The number of hydrogen-bond donors (Lipinski definition) is 4. The van der Waals surface area contributed by atoms with Gasteiger partial charge in [0.1, 0.15) is 12.1 Å². The molecular formula is C30H49F3N6O7S. The Kier molecular flexibility index (Phi) is 10.8. The Labute approximate surface area is 274 Å². The molecule has 0 aromatic carbocycles. The summed E-state index contributed by atoms with van der Waals surface area (Å²) in [6.07, 6.45) is -6.54. The third-order valence-electron chi connectivity index (χ3n) is 9.68. The minimum Gasteiger partial charge on any atom is -0.363 e. The number of nitrogens with one attached hydrogen (secondary N) is 3. The number of carbonyl (C=O) groups excluding carboxylic acids is 5. The summed E-state index contributed by atoms with van der Waals surface area (Å²) in [6, 6.07) is -5.55. The predicted octanol–water partition coefficient (Wildman–Crippen LogP) is 1.52. The Balaban J connectivity index is 1.84. The Hall–Kier alpha value is -2.95. The highest BCUT2D eigenvalue weighted by atomic mass is 32.2. The van der Waals surface area contributed by atoms with Crippen LogP contribution >= 0.6 is 0 Å². The van der Waals surface area contributed by atoms with Crippen LogP contribution in [0.3, 0.4) is 0 Å². The maximum Gasteiger partial charge on any atom is 0.389 e. The Bertz CT molecular complexity index is 1370. The lowest BCUT2D eigenvalue weighted by Crippen LogP contribution is -2.62. The molecule has 3 fully saturated rings. The zero-order valence-corrected chi connectivity index (χ0v) is 29.1. The summed E-state index contributed by atoms with van der Waals surface area (Å²) in [7, 11) is -3.44. The molecular weight excluding hydrogens is 645 g/mol. The summed E-state index contributed by atoms with van der Waals surface area (Å²) in [5, 5.41) is 7.81. The number of sulfonamides is 1. The third-order valence-corrected chi connectivity index (χ3v) is 11.6. The van der Waals surface area contributed by atoms with Crippen molar-refractivity contribution in [3.8, 4) is 0 Å². The number of halogens is 3. The average molecular weight is 695 g/mol. The second kappa shape index (κ2) is 13.2. The molecule has 5 N–H and O–H groups in total. The molecule has 2 heterocycles. The van der Waals surface area contributed by atoms with Gasteiger partial charge in [-0.2, -0.15) is 17.5 Å². The monoisotopic (exact) mass is 694 g/mol. The summed E-state index contributed by atoms with van der Waals surface area (Å²) < 4.78 is 65.2. The van der Waals surface area contributed by atoms with Gasteiger partial charge < -0.3 is 26.6 Å². The van der Waals surface area contributed by atoms with Gasteiger partial charge in [0.05, 0.1) is 11.8 Å². The van der Waals surface area contributed by atoms with E-state index in [1.54, 1.807) is 20.8 Å². The molecule has 17 heteroatoms. The molecule has 268 valence electrons. The number of carbonyl (C=O) groups is 5. The van der Waals surface area contributed by atoms with Gasteiger partial charge in [0.15, 0.2) is 0 Å². The van der Waals surface area contributed by atoms with Crippen molar-refractivity contribution in [2.24, 2.45) is 33.8 Å². The van der Waals surface area contributed by atoms with Gasteiger partial charge in [-0.3, -0.25) is 19.2 Å². The topological polar surface area (TPSA) is 188 Å². The molecule has 1 unspecified atom stereocenters. The molecule has 47 heavy (non-hydrogen) atoms. The fourth-order valence-corrected chi connectivity index (χ4v) is 8.14. The fraction of sp³-hybridized carbons (Fsp3) is 0.833. The van der Waals surface area contributed by atoms with E-state index in [0.29, 0.717) is 13.0 Å². The van der Waals surface area contributed by atoms with E-state index in [1.807, 2.05) is 34.6 Å². The number of urea groups is 1. The van der Waals surface area contributed by atoms with E-state index in [1.165, 1.54) is 9.21 Å². The van der Waals surface area contributed by atoms with Crippen molar-refractivity contribution < 1.29 is 45.6 Å². The highest BCUT2D eigenvalue weighted by molar-refractivity contribution is 7.89. The number of fused-ring (bicyclic) bond motifs is 1. The van der Waals surface area contributed by atoms with Crippen LogP contribution in [0.1, 0.15) is 74.7 Å². The lowest BCUT2D eigenvalue weighted by Gasteiger charge is -2.39. The van der Waals surface area contributed by atoms with Gasteiger partial charge in [-0.25, -0.2) is 13.2 Å². The lowest BCUT2D eigenvalue weighted by molar-refractivity contribution is -0.147. The quantitative estimate of drug-likeness (QED) is 0.236. The number of Topliss-reactive ketones (excluding diaryl/α,β-unsaturated/α-hetero) is 1. The number of alkyl halides is 3. The minimum absolute atomic E-state index is 0.0276. The zero-order valence-electron chi connectivity index (χ0n) is 28.3. The number of ketones is 1. The number of piperidine rings is 1. The standard InChI is InChI=1S/C30H49F3N6O7S/c1-27(2,3)18(15-38-12-9-13-47(38,45)46)36-26(44)37-22(28(4,5)6)25(43)39-14-16-19(29(16,7)8)20(39)24(42)35-17(21(40)23(34)41)10-11-30(31,32)33/h16-20,22H,9-15H2,1-8H3,(H2,34,41)(H,35,42)(H2,36,37,44)/t16-,17?,18+,19-,20-,22+/m0/s1. The summed E-state index contributed by atoms with van der Waals surface area (Å²) in [5.74, 6) is -4.88. The van der Waals surface area contributed by atoms with Gasteiger partial charge in [-0.05, 0) is 40.9 Å². The first-order valence-electron chi connectivity index (χ1n) is 15.7. The smallest absolute Gasteiger partial charge is 0.363 e. The van der Waals surface area contributed by atoms with E-state index >= 15 is 0 Å². The molecule has 0 bridgehead atoms. The first kappa shape index (κ1) is 38.5. The number of rotatable bonds is 11. The SMILES string of the molecule is CC(C)(C)[C@H](NC(=O)N[C@H](CN1CCCS1(=O)=O)C(C)(C)C)C(=O)N1C[C@H]2[C@@H]([C@H]1C(=O)NC(CCC(F)(F)F)C(=O)C(N)=O)C2(C)C. The first-order chi connectivity index (χ1) is 21.2. The number of likely N-dealkylation sites (tertiary alicyclic amines) is 1. The second-order valence-corrected chi connectivity index (χ2v) is 17.8. The maximum absolute atomic E-state index is 14.2. The van der Waals surface area contributed by atoms with Crippen molar-refractivity contribution in [2.45, 2.75) is 105 Å². The summed E-state index contributed by atoms with van der Waals surface area (Å²) in [6.45, 7) is 14.9. The molecule has 1 saturated carbocycles. The highest BCUT2D eigenvalue weighted by Crippen LogP contribution is 2.65. The van der Waals surface area contributed by atoms with Crippen molar-refractivity contribution in [1.82, 2.24) is 25.2 Å². The molecule has 0 radical (unpaired) electrons. The van der Waals surface area contributed by atoms with E-state index in [4.69, 9.17) is 5.73 Å². The van der Waals surface area contributed by atoms with Crippen LogP contribution in [0.4, 0.5) is 18.0 Å². The Morgan fingerprint density at radius 3 is 2.02 bits per heavy atom. The molecule has 0 aromatic rings. The molecule has 3 rings (SSSR count). The first-order valence-corrected chi connectivity index (χ1v) is 17.4. The number of primary amides is 1.